The second kappa shape index (κ2) is 8.22. The van der Waals surface area contributed by atoms with Gasteiger partial charge in [-0.3, -0.25) is 9.69 Å². The van der Waals surface area contributed by atoms with E-state index in [9.17, 15) is 4.79 Å². The molecule has 4 rings (SSSR count). The first-order chi connectivity index (χ1) is 14.1. The van der Waals surface area contributed by atoms with Crippen molar-refractivity contribution in [3.05, 3.63) is 95.5 Å². The molecule has 3 aromatic carbocycles. The minimum atomic E-state index is -0.474. The van der Waals surface area contributed by atoms with Crippen molar-refractivity contribution in [3.63, 3.8) is 0 Å². The first kappa shape index (κ1) is 18.8. The van der Waals surface area contributed by atoms with Crippen molar-refractivity contribution in [2.45, 2.75) is 13.1 Å². The minimum absolute atomic E-state index is 0.134. The van der Waals surface area contributed by atoms with E-state index in [0.717, 1.165) is 16.9 Å². The van der Waals surface area contributed by atoms with Crippen molar-refractivity contribution in [3.8, 4) is 11.8 Å². The molecule has 0 unspecified atom stereocenters. The van der Waals surface area contributed by atoms with Crippen LogP contribution in [0.25, 0.3) is 0 Å². The van der Waals surface area contributed by atoms with Gasteiger partial charge < -0.3 is 0 Å². The van der Waals surface area contributed by atoms with Crippen LogP contribution in [-0.4, -0.2) is 17.8 Å². The van der Waals surface area contributed by atoms with E-state index in [4.69, 9.17) is 11.6 Å². The highest BCUT2D eigenvalue weighted by atomic mass is 35.5. The Morgan fingerprint density at radius 2 is 1.52 bits per heavy atom. The third-order valence-electron chi connectivity index (χ3n) is 4.47. The average molecular weight is 400 g/mol. The number of carbonyl (C=O) groups is 1. The molecule has 142 valence electrons. The van der Waals surface area contributed by atoms with Crippen LogP contribution in [0.2, 0.25) is 5.02 Å². The van der Waals surface area contributed by atoms with Crippen LogP contribution in [0.3, 0.4) is 0 Å². The maximum absolute atomic E-state index is 12.4. The van der Waals surface area contributed by atoms with Crippen LogP contribution in [0.5, 0.6) is 0 Å². The van der Waals surface area contributed by atoms with Gasteiger partial charge in [-0.05, 0) is 54.5 Å². The first-order valence-electron chi connectivity index (χ1n) is 9.19. The third kappa shape index (κ3) is 4.01. The standard InChI is InChI=1S/C24H18ClN3O/c1-18(29)24-26-28(22-10-6-3-7-11-22)23(17-12-19-8-4-2-5-9-19)27(24)21-15-13-20(25)14-16-21/h2-11,13-16,23H,1H3/t23-/m1/s1. The van der Waals surface area contributed by atoms with Gasteiger partial charge in [0.1, 0.15) is 0 Å². The Hall–Kier alpha value is -3.55. The van der Waals surface area contributed by atoms with E-state index in [1.807, 2.05) is 77.7 Å². The molecular weight excluding hydrogens is 382 g/mol. The lowest BCUT2D eigenvalue weighted by molar-refractivity contribution is -0.111. The quantitative estimate of drug-likeness (QED) is 0.585. The number of nitrogens with zero attached hydrogens (tertiary/aromatic N) is 3. The highest BCUT2D eigenvalue weighted by Gasteiger charge is 2.37. The summed E-state index contributed by atoms with van der Waals surface area (Å²) in [6, 6.07) is 26.8. The van der Waals surface area contributed by atoms with Gasteiger partial charge in [-0.2, -0.15) is 0 Å². The summed E-state index contributed by atoms with van der Waals surface area (Å²) in [6.07, 6.45) is -0.474. The highest BCUT2D eigenvalue weighted by Crippen LogP contribution is 2.30. The molecule has 0 fully saturated rings. The van der Waals surface area contributed by atoms with Crippen molar-refractivity contribution in [2.75, 3.05) is 9.91 Å². The summed E-state index contributed by atoms with van der Waals surface area (Å²) in [5.74, 6) is 6.71. The molecule has 1 atom stereocenters. The fraction of sp³-hybridized carbons (Fsp3) is 0.0833. The van der Waals surface area contributed by atoms with Gasteiger partial charge in [0, 0.05) is 23.2 Å². The van der Waals surface area contributed by atoms with Gasteiger partial charge in [-0.15, -0.1) is 5.10 Å². The van der Waals surface area contributed by atoms with E-state index in [1.165, 1.54) is 6.92 Å². The molecule has 0 spiro atoms. The van der Waals surface area contributed by atoms with Crippen LogP contribution >= 0.6 is 11.6 Å². The number of Topliss-reactive ketones (excluding diaryl/α,β-unsaturated/α-hetero) is 1. The van der Waals surface area contributed by atoms with Crippen LogP contribution < -0.4 is 9.91 Å². The highest BCUT2D eigenvalue weighted by molar-refractivity contribution is 6.44. The molecule has 0 radical (unpaired) electrons. The molecule has 1 heterocycles. The molecule has 0 saturated heterocycles. The lowest BCUT2D eigenvalue weighted by Gasteiger charge is -2.27. The van der Waals surface area contributed by atoms with E-state index in [0.29, 0.717) is 10.9 Å². The van der Waals surface area contributed by atoms with Crippen molar-refractivity contribution in [1.82, 2.24) is 0 Å². The Morgan fingerprint density at radius 3 is 2.14 bits per heavy atom. The summed E-state index contributed by atoms with van der Waals surface area (Å²) in [5, 5.41) is 7.03. The van der Waals surface area contributed by atoms with Crippen molar-refractivity contribution < 1.29 is 4.79 Å². The predicted molar refractivity (Wildman–Crippen MR) is 118 cm³/mol. The number of rotatable bonds is 3. The van der Waals surface area contributed by atoms with Gasteiger partial charge in [0.25, 0.3) is 0 Å². The van der Waals surface area contributed by atoms with Crippen LogP contribution in [0.4, 0.5) is 11.4 Å². The topological polar surface area (TPSA) is 35.9 Å². The fourth-order valence-electron chi connectivity index (χ4n) is 3.11. The molecule has 5 heteroatoms. The molecule has 4 nitrogen and oxygen atoms in total. The van der Waals surface area contributed by atoms with Crippen LogP contribution in [0, 0.1) is 11.8 Å². The molecule has 3 aromatic rings. The molecule has 0 N–H and O–H groups in total. The second-order valence-corrected chi connectivity index (χ2v) is 6.95. The Labute approximate surface area is 175 Å². The number of benzene rings is 3. The van der Waals surface area contributed by atoms with Crippen LogP contribution in [0.15, 0.2) is 90.0 Å². The molecule has 0 aliphatic carbocycles. The Morgan fingerprint density at radius 1 is 0.897 bits per heavy atom. The number of carbonyl (C=O) groups excluding carboxylic acids is 1. The number of hydrogen-bond acceptors (Lipinski definition) is 4. The molecule has 0 saturated carbocycles. The molecule has 1 aliphatic heterocycles. The van der Waals surface area contributed by atoms with E-state index in [-0.39, 0.29) is 5.78 Å². The number of hydrazone groups is 1. The smallest absolute Gasteiger partial charge is 0.199 e. The number of hydrogen-bond donors (Lipinski definition) is 0. The molecular formula is C24H18ClN3O. The lowest BCUT2D eigenvalue weighted by atomic mass is 10.2. The molecule has 29 heavy (non-hydrogen) atoms. The van der Waals surface area contributed by atoms with Gasteiger partial charge in [-0.25, -0.2) is 5.01 Å². The zero-order valence-electron chi connectivity index (χ0n) is 15.8. The number of halogens is 1. The zero-order chi connectivity index (χ0) is 20.2. The minimum Gasteiger partial charge on any atom is -0.291 e. The van der Waals surface area contributed by atoms with Gasteiger partial charge in [0.15, 0.2) is 17.8 Å². The maximum Gasteiger partial charge on any atom is 0.199 e. The van der Waals surface area contributed by atoms with Gasteiger partial charge in [0.05, 0.1) is 5.69 Å². The van der Waals surface area contributed by atoms with Crippen molar-refractivity contribution >= 4 is 34.6 Å². The number of para-hydroxylation sites is 1. The predicted octanol–water partition coefficient (Wildman–Crippen LogP) is 4.95. The zero-order valence-corrected chi connectivity index (χ0v) is 16.5. The summed E-state index contributed by atoms with van der Waals surface area (Å²) in [4.78, 5) is 14.3. The number of anilines is 2. The lowest BCUT2D eigenvalue weighted by Crippen LogP contribution is -2.43. The Bertz CT molecular complexity index is 1100. The monoisotopic (exact) mass is 399 g/mol. The Balaban J connectivity index is 1.83. The van der Waals surface area contributed by atoms with Gasteiger partial charge in [0.2, 0.25) is 0 Å². The fourth-order valence-corrected chi connectivity index (χ4v) is 3.24. The Kier molecular flexibility index (Phi) is 5.33. The molecule has 0 aromatic heterocycles. The van der Waals surface area contributed by atoms with Gasteiger partial charge >= 0.3 is 0 Å². The van der Waals surface area contributed by atoms with Crippen molar-refractivity contribution in [1.29, 1.82) is 0 Å². The second-order valence-electron chi connectivity index (χ2n) is 6.52. The van der Waals surface area contributed by atoms with Crippen LogP contribution in [-0.2, 0) is 4.79 Å². The number of ketones is 1. The molecule has 0 amide bonds. The van der Waals surface area contributed by atoms with E-state index in [1.54, 1.807) is 17.1 Å². The van der Waals surface area contributed by atoms with E-state index < -0.39 is 6.17 Å². The molecule has 1 aliphatic rings. The summed E-state index contributed by atoms with van der Waals surface area (Å²) in [5.41, 5.74) is 2.55. The summed E-state index contributed by atoms with van der Waals surface area (Å²) < 4.78 is 0. The van der Waals surface area contributed by atoms with Gasteiger partial charge in [-0.1, -0.05) is 53.9 Å². The summed E-state index contributed by atoms with van der Waals surface area (Å²) in [6.45, 7) is 1.51. The SMILES string of the molecule is CC(=O)C1=NN(c2ccccc2)[C@H](C#Cc2ccccc2)N1c1ccc(Cl)cc1. The normalized spacial score (nSPS) is 15.5. The number of amidine groups is 1. The van der Waals surface area contributed by atoms with Crippen LogP contribution in [0.1, 0.15) is 12.5 Å². The maximum atomic E-state index is 12.4. The largest absolute Gasteiger partial charge is 0.291 e. The average Bonchev–Trinajstić information content (AvgIpc) is 3.14. The van der Waals surface area contributed by atoms with E-state index in [2.05, 4.69) is 16.9 Å². The van der Waals surface area contributed by atoms with Crippen molar-refractivity contribution in [2.24, 2.45) is 5.10 Å². The van der Waals surface area contributed by atoms with E-state index >= 15 is 0 Å². The first-order valence-corrected chi connectivity index (χ1v) is 9.56. The molecule has 0 bridgehead atoms. The summed E-state index contributed by atoms with van der Waals surface area (Å²) >= 11 is 6.07. The third-order valence-corrected chi connectivity index (χ3v) is 4.72. The summed E-state index contributed by atoms with van der Waals surface area (Å²) in [7, 11) is 0.